The Hall–Kier alpha value is -1.56. The maximum absolute atomic E-state index is 11.1. The minimum absolute atomic E-state index is 0.371. The monoisotopic (exact) mass is 179 g/mol. The second-order valence-corrected chi connectivity index (χ2v) is 2.48. The molecule has 0 rings (SSSR count). The molecule has 0 aliphatic rings. The molecule has 0 saturated heterocycles. The topological polar surface area (TPSA) is 50.1 Å². The lowest BCUT2D eigenvalue weighted by molar-refractivity contribution is -0.139. The van der Waals surface area contributed by atoms with Crippen LogP contribution in [0.2, 0.25) is 0 Å². The zero-order valence-corrected chi connectivity index (χ0v) is 7.75. The van der Waals surface area contributed by atoms with Crippen LogP contribution in [0.3, 0.4) is 0 Å². The van der Waals surface area contributed by atoms with Gasteiger partial charge in [-0.2, -0.15) is 5.26 Å². The van der Waals surface area contributed by atoms with Crippen molar-refractivity contribution in [3.05, 3.63) is 24.3 Å². The standard InChI is InChI=1S/C10H13NO2/c1-3-8-13-10(12)9(2)6-4-5-7-11/h4-5H,2-3,6,8H2,1H3. The molecule has 0 aromatic carbocycles. The largest absolute Gasteiger partial charge is 0.462 e. The van der Waals surface area contributed by atoms with Gasteiger partial charge in [0.2, 0.25) is 0 Å². The molecular weight excluding hydrogens is 166 g/mol. The van der Waals surface area contributed by atoms with E-state index in [0.717, 1.165) is 6.42 Å². The van der Waals surface area contributed by atoms with Gasteiger partial charge < -0.3 is 4.74 Å². The third-order valence-corrected chi connectivity index (χ3v) is 1.28. The van der Waals surface area contributed by atoms with Crippen LogP contribution < -0.4 is 0 Å². The van der Waals surface area contributed by atoms with Gasteiger partial charge in [0.1, 0.15) is 0 Å². The van der Waals surface area contributed by atoms with E-state index in [1.165, 1.54) is 6.08 Å². The van der Waals surface area contributed by atoms with Crippen LogP contribution in [0, 0.1) is 11.3 Å². The van der Waals surface area contributed by atoms with Crippen molar-refractivity contribution in [2.24, 2.45) is 0 Å². The molecule has 0 aliphatic carbocycles. The summed E-state index contributed by atoms with van der Waals surface area (Å²) in [6.07, 6.45) is 4.07. The van der Waals surface area contributed by atoms with Gasteiger partial charge in [0.15, 0.2) is 0 Å². The molecule has 0 heterocycles. The molecule has 0 saturated carbocycles. The molecule has 0 fully saturated rings. The number of nitriles is 1. The minimum Gasteiger partial charge on any atom is -0.462 e. The summed E-state index contributed by atoms with van der Waals surface area (Å²) < 4.78 is 4.83. The van der Waals surface area contributed by atoms with Crippen molar-refractivity contribution >= 4 is 5.97 Å². The van der Waals surface area contributed by atoms with Crippen molar-refractivity contribution in [2.75, 3.05) is 6.61 Å². The van der Waals surface area contributed by atoms with Crippen LogP contribution in [0.25, 0.3) is 0 Å². The number of carbonyl (C=O) groups excluding carboxylic acids is 1. The van der Waals surface area contributed by atoms with Crippen molar-refractivity contribution in [2.45, 2.75) is 19.8 Å². The summed E-state index contributed by atoms with van der Waals surface area (Å²) in [5, 5.41) is 8.18. The average Bonchev–Trinajstić information content (AvgIpc) is 2.14. The Labute approximate surface area is 78.3 Å². The maximum Gasteiger partial charge on any atom is 0.333 e. The van der Waals surface area contributed by atoms with Gasteiger partial charge in [-0.15, -0.1) is 0 Å². The van der Waals surface area contributed by atoms with E-state index >= 15 is 0 Å². The molecular formula is C10H13NO2. The first-order chi connectivity index (χ1) is 6.22. The molecule has 0 N–H and O–H groups in total. The zero-order chi connectivity index (χ0) is 10.1. The molecule has 0 aromatic rings. The molecule has 0 aromatic heterocycles. The summed E-state index contributed by atoms with van der Waals surface area (Å²) >= 11 is 0. The number of allylic oxidation sites excluding steroid dienone is 2. The van der Waals surface area contributed by atoms with E-state index in [1.807, 2.05) is 13.0 Å². The second kappa shape index (κ2) is 7.11. The summed E-state index contributed by atoms with van der Waals surface area (Å²) in [6, 6.07) is 1.83. The number of carbonyl (C=O) groups is 1. The van der Waals surface area contributed by atoms with Gasteiger partial charge in [-0.25, -0.2) is 4.79 Å². The quantitative estimate of drug-likeness (QED) is 0.368. The molecule has 70 valence electrons. The Kier molecular flexibility index (Phi) is 6.26. The van der Waals surface area contributed by atoms with Gasteiger partial charge >= 0.3 is 5.97 Å². The number of nitrogens with zero attached hydrogens (tertiary/aromatic N) is 1. The predicted molar refractivity (Wildman–Crippen MR) is 49.8 cm³/mol. The number of ether oxygens (including phenoxy) is 1. The summed E-state index contributed by atoms with van der Waals surface area (Å²) in [6.45, 7) is 5.88. The molecule has 0 radical (unpaired) electrons. The molecule has 0 unspecified atom stereocenters. The second-order valence-electron chi connectivity index (χ2n) is 2.48. The van der Waals surface area contributed by atoms with E-state index in [2.05, 4.69) is 6.58 Å². The summed E-state index contributed by atoms with van der Waals surface area (Å²) in [5.41, 5.74) is 0.375. The average molecular weight is 179 g/mol. The van der Waals surface area contributed by atoms with Gasteiger partial charge in [-0.1, -0.05) is 19.6 Å². The first-order valence-corrected chi connectivity index (χ1v) is 4.12. The summed E-state index contributed by atoms with van der Waals surface area (Å²) in [5.74, 6) is -0.385. The Morgan fingerprint density at radius 1 is 1.69 bits per heavy atom. The lowest BCUT2D eigenvalue weighted by atomic mass is 10.2. The molecule has 13 heavy (non-hydrogen) atoms. The third kappa shape index (κ3) is 5.68. The van der Waals surface area contributed by atoms with Gasteiger partial charge in [0, 0.05) is 11.6 Å². The van der Waals surface area contributed by atoms with Crippen LogP contribution in [0.1, 0.15) is 19.8 Å². The molecule has 0 aliphatic heterocycles. The van der Waals surface area contributed by atoms with Crippen LogP contribution in [0.4, 0.5) is 0 Å². The van der Waals surface area contributed by atoms with Crippen LogP contribution in [-0.2, 0) is 9.53 Å². The van der Waals surface area contributed by atoms with Crippen LogP contribution in [-0.4, -0.2) is 12.6 Å². The number of hydrogen-bond donors (Lipinski definition) is 0. The number of esters is 1. The fraction of sp³-hybridized carbons (Fsp3) is 0.400. The van der Waals surface area contributed by atoms with Crippen LogP contribution in [0.15, 0.2) is 24.3 Å². The Balaban J connectivity index is 3.78. The first-order valence-electron chi connectivity index (χ1n) is 4.12. The van der Waals surface area contributed by atoms with Crippen molar-refractivity contribution in [1.29, 1.82) is 5.26 Å². The van der Waals surface area contributed by atoms with E-state index in [-0.39, 0.29) is 5.97 Å². The highest BCUT2D eigenvalue weighted by atomic mass is 16.5. The van der Waals surface area contributed by atoms with E-state index in [1.54, 1.807) is 6.08 Å². The Morgan fingerprint density at radius 2 is 2.38 bits per heavy atom. The number of rotatable bonds is 5. The molecule has 0 amide bonds. The van der Waals surface area contributed by atoms with E-state index < -0.39 is 0 Å². The Bertz CT molecular complexity index is 248. The van der Waals surface area contributed by atoms with Gasteiger partial charge in [0.05, 0.1) is 12.7 Å². The lowest BCUT2D eigenvalue weighted by Crippen LogP contribution is -2.07. The smallest absolute Gasteiger partial charge is 0.333 e. The normalized spacial score (nSPS) is 9.54. The molecule has 3 nitrogen and oxygen atoms in total. The third-order valence-electron chi connectivity index (χ3n) is 1.28. The van der Waals surface area contributed by atoms with Gasteiger partial charge in [-0.3, -0.25) is 0 Å². The fourth-order valence-corrected chi connectivity index (χ4v) is 0.634. The zero-order valence-electron chi connectivity index (χ0n) is 7.75. The lowest BCUT2D eigenvalue weighted by Gasteiger charge is -2.02. The van der Waals surface area contributed by atoms with E-state index in [9.17, 15) is 4.79 Å². The van der Waals surface area contributed by atoms with Crippen molar-refractivity contribution < 1.29 is 9.53 Å². The molecule has 0 atom stereocenters. The van der Waals surface area contributed by atoms with Gasteiger partial charge in [-0.05, 0) is 12.8 Å². The van der Waals surface area contributed by atoms with E-state index in [0.29, 0.717) is 18.6 Å². The minimum atomic E-state index is -0.385. The molecule has 0 spiro atoms. The van der Waals surface area contributed by atoms with Crippen LogP contribution >= 0.6 is 0 Å². The van der Waals surface area contributed by atoms with Crippen molar-refractivity contribution in [1.82, 2.24) is 0 Å². The molecule has 3 heteroatoms. The first kappa shape index (κ1) is 11.4. The SMILES string of the molecule is C=C(CC=CC#N)C(=O)OCCC. The van der Waals surface area contributed by atoms with Gasteiger partial charge in [0.25, 0.3) is 0 Å². The van der Waals surface area contributed by atoms with Crippen molar-refractivity contribution in [3.8, 4) is 6.07 Å². The predicted octanol–water partition coefficient (Wildman–Crippen LogP) is 1.97. The highest BCUT2D eigenvalue weighted by Gasteiger charge is 2.05. The summed E-state index contributed by atoms with van der Waals surface area (Å²) in [7, 11) is 0. The van der Waals surface area contributed by atoms with Crippen molar-refractivity contribution in [3.63, 3.8) is 0 Å². The Morgan fingerprint density at radius 3 is 2.92 bits per heavy atom. The van der Waals surface area contributed by atoms with Crippen LogP contribution in [0.5, 0.6) is 0 Å². The van der Waals surface area contributed by atoms with E-state index in [4.69, 9.17) is 10.00 Å². The fourth-order valence-electron chi connectivity index (χ4n) is 0.634. The highest BCUT2D eigenvalue weighted by molar-refractivity contribution is 5.87. The molecule has 0 bridgehead atoms. The maximum atomic E-state index is 11.1. The number of hydrogen-bond acceptors (Lipinski definition) is 3. The summed E-state index contributed by atoms with van der Waals surface area (Å²) in [4.78, 5) is 11.1. The highest BCUT2D eigenvalue weighted by Crippen LogP contribution is 2.02.